The zero-order valence-electron chi connectivity index (χ0n) is 15.8. The van der Waals surface area contributed by atoms with E-state index in [1.165, 1.54) is 16.8 Å². The molecule has 29 heavy (non-hydrogen) atoms. The van der Waals surface area contributed by atoms with Gasteiger partial charge in [-0.05, 0) is 50.2 Å². The number of hydrogen-bond acceptors (Lipinski definition) is 6. The summed E-state index contributed by atoms with van der Waals surface area (Å²) in [4.78, 5) is 16.8. The van der Waals surface area contributed by atoms with Gasteiger partial charge in [-0.25, -0.2) is 9.07 Å². The summed E-state index contributed by atoms with van der Waals surface area (Å²) in [5.74, 6) is -0.0394. The molecule has 0 aliphatic rings. The summed E-state index contributed by atoms with van der Waals surface area (Å²) >= 11 is 0. The van der Waals surface area contributed by atoms with E-state index in [2.05, 4.69) is 25.8 Å². The van der Waals surface area contributed by atoms with Gasteiger partial charge in [0.1, 0.15) is 5.82 Å². The molecule has 0 saturated heterocycles. The monoisotopic (exact) mass is 395 g/mol. The van der Waals surface area contributed by atoms with Crippen LogP contribution in [0.15, 0.2) is 47.1 Å². The standard InChI is InChI=1S/C19H18FN7O2/c1-3-26-10-4-5-15(26)18-22-16(29-24-18)11-21-19(28)17-12(2)27(25-23-17)14-8-6-13(20)7-9-14/h4-10H,3,11H2,1-2H3,(H,21,28). The maximum atomic E-state index is 13.1. The number of carbonyl (C=O) groups is 1. The van der Waals surface area contributed by atoms with Gasteiger partial charge >= 0.3 is 0 Å². The molecule has 148 valence electrons. The SMILES string of the molecule is CCn1cccc1-c1noc(CNC(=O)c2nnn(-c3ccc(F)cc3)c2C)n1. The van der Waals surface area contributed by atoms with E-state index in [0.29, 0.717) is 17.2 Å². The maximum Gasteiger partial charge on any atom is 0.274 e. The van der Waals surface area contributed by atoms with Gasteiger partial charge in [-0.15, -0.1) is 5.10 Å². The van der Waals surface area contributed by atoms with Crippen LogP contribution in [0.25, 0.3) is 17.2 Å². The number of aromatic nitrogens is 6. The Morgan fingerprint density at radius 1 is 1.24 bits per heavy atom. The van der Waals surface area contributed by atoms with Gasteiger partial charge in [0.15, 0.2) is 5.69 Å². The summed E-state index contributed by atoms with van der Waals surface area (Å²) < 4.78 is 21.8. The molecular formula is C19H18FN7O2. The van der Waals surface area contributed by atoms with E-state index in [9.17, 15) is 9.18 Å². The van der Waals surface area contributed by atoms with Gasteiger partial charge in [0.05, 0.1) is 23.6 Å². The largest absolute Gasteiger partial charge is 0.345 e. The third kappa shape index (κ3) is 3.64. The van der Waals surface area contributed by atoms with Crippen LogP contribution >= 0.6 is 0 Å². The fraction of sp³-hybridized carbons (Fsp3) is 0.211. The molecule has 0 aliphatic heterocycles. The van der Waals surface area contributed by atoms with Crippen LogP contribution in [0.2, 0.25) is 0 Å². The number of hydrogen-bond donors (Lipinski definition) is 1. The molecule has 10 heteroatoms. The van der Waals surface area contributed by atoms with Crippen LogP contribution in [0.5, 0.6) is 0 Å². The zero-order valence-corrected chi connectivity index (χ0v) is 15.8. The van der Waals surface area contributed by atoms with Crippen molar-refractivity contribution < 1.29 is 13.7 Å². The van der Waals surface area contributed by atoms with Gasteiger partial charge in [0, 0.05) is 12.7 Å². The maximum absolute atomic E-state index is 13.1. The Bertz CT molecular complexity index is 1140. The van der Waals surface area contributed by atoms with Crippen molar-refractivity contribution in [1.82, 2.24) is 35.0 Å². The normalized spacial score (nSPS) is 11.0. The molecule has 1 amide bonds. The molecule has 0 bridgehead atoms. The minimum atomic E-state index is -0.424. The summed E-state index contributed by atoms with van der Waals surface area (Å²) in [7, 11) is 0. The molecule has 0 atom stereocenters. The first-order chi connectivity index (χ1) is 14.1. The fourth-order valence-corrected chi connectivity index (χ4v) is 2.93. The summed E-state index contributed by atoms with van der Waals surface area (Å²) in [6.45, 7) is 4.57. The number of rotatable bonds is 6. The Morgan fingerprint density at radius 2 is 2.03 bits per heavy atom. The smallest absolute Gasteiger partial charge is 0.274 e. The molecule has 0 fully saturated rings. The van der Waals surface area contributed by atoms with Gasteiger partial charge in [-0.3, -0.25) is 4.79 Å². The Labute approximate surface area is 165 Å². The van der Waals surface area contributed by atoms with Crippen LogP contribution in [0.1, 0.15) is 29.0 Å². The lowest BCUT2D eigenvalue weighted by atomic mass is 10.3. The molecule has 0 unspecified atom stereocenters. The van der Waals surface area contributed by atoms with Crippen molar-refractivity contribution in [3.8, 4) is 17.2 Å². The van der Waals surface area contributed by atoms with Gasteiger partial charge in [-0.1, -0.05) is 10.4 Å². The van der Waals surface area contributed by atoms with Gasteiger partial charge in [-0.2, -0.15) is 4.98 Å². The van der Waals surface area contributed by atoms with Crippen LogP contribution in [0.4, 0.5) is 4.39 Å². The first kappa shape index (κ1) is 18.5. The molecular weight excluding hydrogens is 377 g/mol. The molecule has 0 saturated carbocycles. The van der Waals surface area contributed by atoms with Crippen molar-refractivity contribution in [3.63, 3.8) is 0 Å². The van der Waals surface area contributed by atoms with Crippen molar-refractivity contribution in [2.24, 2.45) is 0 Å². The van der Waals surface area contributed by atoms with E-state index < -0.39 is 5.91 Å². The average molecular weight is 395 g/mol. The molecule has 0 aliphatic carbocycles. The lowest BCUT2D eigenvalue weighted by Crippen LogP contribution is -2.24. The second kappa shape index (κ2) is 7.66. The Hall–Kier alpha value is -3.82. The summed E-state index contributed by atoms with van der Waals surface area (Å²) in [6, 6.07) is 9.56. The van der Waals surface area contributed by atoms with Gasteiger partial charge < -0.3 is 14.4 Å². The van der Waals surface area contributed by atoms with Crippen molar-refractivity contribution in [2.75, 3.05) is 0 Å². The molecule has 1 aromatic carbocycles. The van der Waals surface area contributed by atoms with Crippen molar-refractivity contribution in [1.29, 1.82) is 0 Å². The molecule has 0 spiro atoms. The number of halogens is 1. The average Bonchev–Trinajstić information content (AvgIpc) is 3.46. The fourth-order valence-electron chi connectivity index (χ4n) is 2.93. The van der Waals surface area contributed by atoms with Gasteiger partial charge in [0.25, 0.3) is 5.91 Å². The van der Waals surface area contributed by atoms with Gasteiger partial charge in [0.2, 0.25) is 11.7 Å². The van der Waals surface area contributed by atoms with E-state index in [0.717, 1.165) is 12.2 Å². The molecule has 4 aromatic rings. The first-order valence-corrected chi connectivity index (χ1v) is 9.01. The lowest BCUT2D eigenvalue weighted by molar-refractivity contribution is 0.0940. The minimum absolute atomic E-state index is 0.0571. The lowest BCUT2D eigenvalue weighted by Gasteiger charge is -2.04. The quantitative estimate of drug-likeness (QED) is 0.538. The Kier molecular flexibility index (Phi) is 4.90. The highest BCUT2D eigenvalue weighted by atomic mass is 19.1. The molecule has 9 nitrogen and oxygen atoms in total. The van der Waals surface area contributed by atoms with Crippen LogP contribution in [0, 0.1) is 12.7 Å². The number of nitrogens with zero attached hydrogens (tertiary/aromatic N) is 6. The number of aryl methyl sites for hydroxylation is 1. The molecule has 3 heterocycles. The topological polar surface area (TPSA) is 104 Å². The van der Waals surface area contributed by atoms with E-state index in [1.54, 1.807) is 19.1 Å². The molecule has 3 aromatic heterocycles. The van der Waals surface area contributed by atoms with Crippen molar-refractivity contribution in [3.05, 3.63) is 65.7 Å². The van der Waals surface area contributed by atoms with E-state index >= 15 is 0 Å². The van der Waals surface area contributed by atoms with Crippen LogP contribution < -0.4 is 5.32 Å². The number of carbonyl (C=O) groups excluding carboxylic acids is 1. The van der Waals surface area contributed by atoms with Crippen LogP contribution in [-0.4, -0.2) is 35.6 Å². The third-order valence-electron chi connectivity index (χ3n) is 4.45. The highest BCUT2D eigenvalue weighted by Gasteiger charge is 2.19. The molecule has 1 N–H and O–H groups in total. The Morgan fingerprint density at radius 3 is 2.79 bits per heavy atom. The third-order valence-corrected chi connectivity index (χ3v) is 4.45. The zero-order chi connectivity index (χ0) is 20.4. The minimum Gasteiger partial charge on any atom is -0.345 e. The van der Waals surface area contributed by atoms with Crippen molar-refractivity contribution in [2.45, 2.75) is 26.9 Å². The molecule has 0 radical (unpaired) electrons. The highest BCUT2D eigenvalue weighted by molar-refractivity contribution is 5.93. The summed E-state index contributed by atoms with van der Waals surface area (Å²) in [5.41, 5.74) is 2.14. The van der Waals surface area contributed by atoms with E-state index in [1.807, 2.05) is 29.8 Å². The number of nitrogens with one attached hydrogen (secondary N) is 1. The van der Waals surface area contributed by atoms with Crippen LogP contribution in [0.3, 0.4) is 0 Å². The second-order valence-corrected chi connectivity index (χ2v) is 6.29. The summed E-state index contributed by atoms with van der Waals surface area (Å²) in [5, 5.41) is 14.6. The van der Waals surface area contributed by atoms with E-state index in [4.69, 9.17) is 4.52 Å². The number of benzene rings is 1. The highest BCUT2D eigenvalue weighted by Crippen LogP contribution is 2.17. The predicted molar refractivity (Wildman–Crippen MR) is 101 cm³/mol. The molecule has 4 rings (SSSR count). The predicted octanol–water partition coefficient (Wildman–Crippen LogP) is 2.52. The van der Waals surface area contributed by atoms with E-state index in [-0.39, 0.29) is 23.9 Å². The first-order valence-electron chi connectivity index (χ1n) is 9.01. The van der Waals surface area contributed by atoms with Crippen molar-refractivity contribution >= 4 is 5.91 Å². The van der Waals surface area contributed by atoms with Crippen LogP contribution in [-0.2, 0) is 13.1 Å². The second-order valence-electron chi connectivity index (χ2n) is 6.29. The number of amides is 1. The summed E-state index contributed by atoms with van der Waals surface area (Å²) in [6.07, 6.45) is 1.93. The Balaban J connectivity index is 1.45.